The third kappa shape index (κ3) is 2.74. The summed E-state index contributed by atoms with van der Waals surface area (Å²) in [5, 5.41) is 6.73. The standard InChI is InChI=1S/C16H15ClN2O2S/c1-18-15(21)13-11-3-2-4-12(11)22-16(13)19-14(20)9-5-7-10(17)8-6-9/h5-8H,2-4H2,1H3,(H,18,21)(H,19,20). The van der Waals surface area contributed by atoms with Gasteiger partial charge in [0, 0.05) is 22.5 Å². The van der Waals surface area contributed by atoms with E-state index in [2.05, 4.69) is 10.6 Å². The van der Waals surface area contributed by atoms with Gasteiger partial charge >= 0.3 is 0 Å². The lowest BCUT2D eigenvalue weighted by Gasteiger charge is -2.07. The molecule has 4 nitrogen and oxygen atoms in total. The van der Waals surface area contributed by atoms with Crippen molar-refractivity contribution in [3.8, 4) is 0 Å². The second kappa shape index (κ2) is 6.10. The maximum atomic E-state index is 12.3. The van der Waals surface area contributed by atoms with Gasteiger partial charge in [-0.1, -0.05) is 11.6 Å². The molecule has 1 heterocycles. The molecule has 114 valence electrons. The molecule has 0 saturated carbocycles. The lowest BCUT2D eigenvalue weighted by Crippen LogP contribution is -2.21. The Morgan fingerprint density at radius 3 is 2.55 bits per heavy atom. The van der Waals surface area contributed by atoms with Crippen molar-refractivity contribution >= 4 is 39.8 Å². The van der Waals surface area contributed by atoms with Gasteiger partial charge in [-0.05, 0) is 49.1 Å². The van der Waals surface area contributed by atoms with Crippen molar-refractivity contribution in [1.29, 1.82) is 0 Å². The molecule has 2 amide bonds. The Morgan fingerprint density at radius 1 is 1.14 bits per heavy atom. The Hall–Kier alpha value is -1.85. The minimum atomic E-state index is -0.234. The molecule has 2 aromatic rings. The Morgan fingerprint density at radius 2 is 1.86 bits per heavy atom. The van der Waals surface area contributed by atoms with Crippen LogP contribution in [0.4, 0.5) is 5.00 Å². The number of hydrogen-bond acceptors (Lipinski definition) is 3. The Balaban J connectivity index is 1.90. The summed E-state index contributed by atoms with van der Waals surface area (Å²) in [7, 11) is 1.60. The molecule has 1 aliphatic rings. The third-order valence-corrected chi connectivity index (χ3v) is 5.17. The molecule has 0 radical (unpaired) electrons. The van der Waals surface area contributed by atoms with E-state index in [1.165, 1.54) is 16.2 Å². The van der Waals surface area contributed by atoms with Crippen LogP contribution < -0.4 is 10.6 Å². The summed E-state index contributed by atoms with van der Waals surface area (Å²) in [6, 6.07) is 6.67. The van der Waals surface area contributed by atoms with Gasteiger partial charge < -0.3 is 10.6 Å². The van der Waals surface area contributed by atoms with Crippen molar-refractivity contribution in [3.05, 3.63) is 50.9 Å². The number of carbonyl (C=O) groups is 2. The Bertz CT molecular complexity index is 737. The van der Waals surface area contributed by atoms with Crippen molar-refractivity contribution < 1.29 is 9.59 Å². The molecule has 0 aliphatic heterocycles. The molecule has 1 aliphatic carbocycles. The molecular weight excluding hydrogens is 320 g/mol. The van der Waals surface area contributed by atoms with Crippen LogP contribution >= 0.6 is 22.9 Å². The lowest BCUT2D eigenvalue weighted by atomic mass is 10.1. The van der Waals surface area contributed by atoms with Gasteiger partial charge in [0.15, 0.2) is 0 Å². The average molecular weight is 335 g/mol. The van der Waals surface area contributed by atoms with Crippen LogP contribution in [0.25, 0.3) is 0 Å². The number of rotatable bonds is 3. The maximum absolute atomic E-state index is 12.3. The first-order valence-electron chi connectivity index (χ1n) is 7.03. The normalized spacial score (nSPS) is 12.8. The molecule has 0 spiro atoms. The van der Waals surface area contributed by atoms with Crippen LogP contribution in [-0.4, -0.2) is 18.9 Å². The first-order valence-corrected chi connectivity index (χ1v) is 8.23. The van der Waals surface area contributed by atoms with Crippen molar-refractivity contribution in [3.63, 3.8) is 0 Å². The highest BCUT2D eigenvalue weighted by atomic mass is 35.5. The summed E-state index contributed by atoms with van der Waals surface area (Å²) < 4.78 is 0. The SMILES string of the molecule is CNC(=O)c1c(NC(=O)c2ccc(Cl)cc2)sc2c1CCC2. The molecule has 0 atom stereocenters. The third-order valence-electron chi connectivity index (χ3n) is 3.71. The summed E-state index contributed by atoms with van der Waals surface area (Å²) in [5.74, 6) is -0.382. The highest BCUT2D eigenvalue weighted by Gasteiger charge is 2.27. The molecule has 0 bridgehead atoms. The average Bonchev–Trinajstić information content (AvgIpc) is 3.07. The van der Waals surface area contributed by atoms with Gasteiger partial charge in [0.25, 0.3) is 11.8 Å². The summed E-state index contributed by atoms with van der Waals surface area (Å²) in [5.41, 5.74) is 2.21. The largest absolute Gasteiger partial charge is 0.355 e. The molecule has 6 heteroatoms. The van der Waals surface area contributed by atoms with E-state index in [0.717, 1.165) is 24.8 Å². The molecular formula is C16H15ClN2O2S. The van der Waals surface area contributed by atoms with E-state index in [1.54, 1.807) is 31.3 Å². The predicted molar refractivity (Wildman–Crippen MR) is 89.1 cm³/mol. The Kier molecular flexibility index (Phi) is 4.18. The summed E-state index contributed by atoms with van der Waals surface area (Å²) in [6.45, 7) is 0. The van der Waals surface area contributed by atoms with E-state index in [-0.39, 0.29) is 11.8 Å². The number of nitrogens with one attached hydrogen (secondary N) is 2. The summed E-state index contributed by atoms with van der Waals surface area (Å²) in [6.07, 6.45) is 2.93. The second-order valence-corrected chi connectivity index (χ2v) is 6.64. The van der Waals surface area contributed by atoms with Crippen LogP contribution in [0.2, 0.25) is 5.02 Å². The van der Waals surface area contributed by atoms with Crippen molar-refractivity contribution in [2.24, 2.45) is 0 Å². The number of benzene rings is 1. The molecule has 0 fully saturated rings. The van der Waals surface area contributed by atoms with Crippen LogP contribution in [0.1, 0.15) is 37.6 Å². The molecule has 2 N–H and O–H groups in total. The van der Waals surface area contributed by atoms with E-state index in [4.69, 9.17) is 11.6 Å². The molecule has 1 aromatic heterocycles. The smallest absolute Gasteiger partial charge is 0.256 e. The predicted octanol–water partition coefficient (Wildman–Crippen LogP) is 3.50. The topological polar surface area (TPSA) is 58.2 Å². The summed E-state index contributed by atoms with van der Waals surface area (Å²) >= 11 is 7.33. The van der Waals surface area contributed by atoms with Crippen LogP contribution in [0.5, 0.6) is 0 Å². The van der Waals surface area contributed by atoms with Crippen LogP contribution in [0.3, 0.4) is 0 Å². The van der Waals surface area contributed by atoms with Crippen molar-refractivity contribution in [1.82, 2.24) is 5.32 Å². The zero-order valence-corrected chi connectivity index (χ0v) is 13.6. The van der Waals surface area contributed by atoms with Gasteiger partial charge in [-0.2, -0.15) is 0 Å². The van der Waals surface area contributed by atoms with Crippen LogP contribution in [-0.2, 0) is 12.8 Å². The fourth-order valence-electron chi connectivity index (χ4n) is 2.63. The Labute approximate surface area is 137 Å². The number of fused-ring (bicyclic) bond motifs is 1. The van der Waals surface area contributed by atoms with Crippen molar-refractivity contribution in [2.45, 2.75) is 19.3 Å². The van der Waals surface area contributed by atoms with Gasteiger partial charge in [-0.15, -0.1) is 11.3 Å². The lowest BCUT2D eigenvalue weighted by molar-refractivity contribution is 0.0963. The van der Waals surface area contributed by atoms with E-state index in [9.17, 15) is 9.59 Å². The first-order chi connectivity index (χ1) is 10.6. The number of thiophene rings is 1. The number of hydrogen-bond donors (Lipinski definition) is 2. The van der Waals surface area contributed by atoms with E-state index >= 15 is 0 Å². The zero-order chi connectivity index (χ0) is 15.7. The zero-order valence-electron chi connectivity index (χ0n) is 12.0. The van der Waals surface area contributed by atoms with Gasteiger partial charge in [-0.3, -0.25) is 9.59 Å². The summed E-state index contributed by atoms with van der Waals surface area (Å²) in [4.78, 5) is 25.7. The van der Waals surface area contributed by atoms with Crippen molar-refractivity contribution in [2.75, 3.05) is 12.4 Å². The van der Waals surface area contributed by atoms with E-state index in [1.807, 2.05) is 0 Å². The van der Waals surface area contributed by atoms with Gasteiger partial charge in [0.05, 0.1) is 5.56 Å². The number of anilines is 1. The van der Waals surface area contributed by atoms with Gasteiger partial charge in [0.1, 0.15) is 5.00 Å². The highest BCUT2D eigenvalue weighted by molar-refractivity contribution is 7.17. The fraction of sp³-hybridized carbons (Fsp3) is 0.250. The number of amides is 2. The van der Waals surface area contributed by atoms with Crippen LogP contribution in [0.15, 0.2) is 24.3 Å². The van der Waals surface area contributed by atoms with Crippen LogP contribution in [0, 0.1) is 0 Å². The molecule has 0 unspecified atom stereocenters. The molecule has 1 aromatic carbocycles. The maximum Gasteiger partial charge on any atom is 0.256 e. The highest BCUT2D eigenvalue weighted by Crippen LogP contribution is 2.39. The molecule has 3 rings (SSSR count). The minimum absolute atomic E-state index is 0.147. The second-order valence-electron chi connectivity index (χ2n) is 5.10. The van der Waals surface area contributed by atoms with E-state index < -0.39 is 0 Å². The number of aryl methyl sites for hydroxylation is 1. The van der Waals surface area contributed by atoms with E-state index in [0.29, 0.717) is 21.2 Å². The first kappa shape index (κ1) is 15.1. The quantitative estimate of drug-likeness (QED) is 0.902. The van der Waals surface area contributed by atoms with Gasteiger partial charge in [0.2, 0.25) is 0 Å². The monoisotopic (exact) mass is 334 g/mol. The fourth-order valence-corrected chi connectivity index (χ4v) is 4.04. The number of carbonyl (C=O) groups excluding carboxylic acids is 2. The van der Waals surface area contributed by atoms with Gasteiger partial charge in [-0.25, -0.2) is 0 Å². The molecule has 22 heavy (non-hydrogen) atoms. The number of halogens is 1. The molecule has 0 saturated heterocycles. The minimum Gasteiger partial charge on any atom is -0.355 e.